The minimum atomic E-state index is -4.16. The van der Waals surface area contributed by atoms with E-state index >= 15 is 0 Å². The number of carbonyl (C=O) groups excluding carboxylic acids is 1. The molecular weight excluding hydrogens is 259 g/mol. The zero-order valence-corrected chi connectivity index (χ0v) is 10.8. The third kappa shape index (κ3) is 2.86. The molecule has 0 aromatic heterocycles. The molecule has 110 valence electrons. The van der Waals surface area contributed by atoms with Crippen LogP contribution in [0.1, 0.15) is 25.7 Å². The molecule has 0 radical (unpaired) electrons. The van der Waals surface area contributed by atoms with E-state index in [0.29, 0.717) is 13.1 Å². The number of carbonyl (C=O) groups is 1. The number of hydrogen-bond acceptors (Lipinski definition) is 3. The number of primary amides is 1. The largest absolute Gasteiger partial charge is 0.391 e. The molecular formula is C12H20F3N3O. The zero-order chi connectivity index (χ0) is 14.1. The zero-order valence-electron chi connectivity index (χ0n) is 10.8. The van der Waals surface area contributed by atoms with E-state index in [2.05, 4.69) is 5.32 Å². The number of amides is 1. The third-order valence-corrected chi connectivity index (χ3v) is 4.46. The van der Waals surface area contributed by atoms with Crippen LogP contribution >= 0.6 is 0 Å². The summed E-state index contributed by atoms with van der Waals surface area (Å²) in [6, 6.07) is 0. The summed E-state index contributed by atoms with van der Waals surface area (Å²) in [7, 11) is 0. The maximum atomic E-state index is 12.7. The summed E-state index contributed by atoms with van der Waals surface area (Å²) in [5, 5.41) is 3.17. The van der Waals surface area contributed by atoms with Crippen molar-refractivity contribution in [3.05, 3.63) is 0 Å². The Morgan fingerprint density at radius 3 is 2.16 bits per heavy atom. The van der Waals surface area contributed by atoms with E-state index in [4.69, 9.17) is 5.73 Å². The van der Waals surface area contributed by atoms with Gasteiger partial charge in [-0.15, -0.1) is 0 Å². The minimum Gasteiger partial charge on any atom is -0.368 e. The molecule has 19 heavy (non-hydrogen) atoms. The fourth-order valence-corrected chi connectivity index (χ4v) is 3.23. The summed E-state index contributed by atoms with van der Waals surface area (Å²) in [5.41, 5.74) is 4.63. The lowest BCUT2D eigenvalue weighted by Gasteiger charge is -2.47. The second kappa shape index (κ2) is 5.28. The smallest absolute Gasteiger partial charge is 0.368 e. The first kappa shape index (κ1) is 14.6. The second-order valence-electron chi connectivity index (χ2n) is 5.45. The highest BCUT2D eigenvalue weighted by atomic mass is 19.4. The van der Waals surface area contributed by atoms with Gasteiger partial charge in [0.05, 0.1) is 5.92 Å². The monoisotopic (exact) mass is 279 g/mol. The van der Waals surface area contributed by atoms with Crippen molar-refractivity contribution < 1.29 is 18.0 Å². The molecule has 0 bridgehead atoms. The van der Waals surface area contributed by atoms with Crippen molar-refractivity contribution in [2.24, 2.45) is 11.7 Å². The van der Waals surface area contributed by atoms with Gasteiger partial charge in [0.1, 0.15) is 5.54 Å². The normalized spacial score (nSPS) is 34.2. The van der Waals surface area contributed by atoms with E-state index in [1.807, 2.05) is 4.90 Å². The highest BCUT2D eigenvalue weighted by molar-refractivity contribution is 5.84. The van der Waals surface area contributed by atoms with Crippen LogP contribution in [0.4, 0.5) is 13.2 Å². The molecule has 2 aliphatic rings. The lowest BCUT2D eigenvalue weighted by Crippen LogP contribution is -2.63. The van der Waals surface area contributed by atoms with Crippen LogP contribution in [0, 0.1) is 5.92 Å². The van der Waals surface area contributed by atoms with Gasteiger partial charge in [-0.2, -0.15) is 13.2 Å². The van der Waals surface area contributed by atoms with Crippen LogP contribution in [0.15, 0.2) is 0 Å². The highest BCUT2D eigenvalue weighted by Gasteiger charge is 2.50. The third-order valence-electron chi connectivity index (χ3n) is 4.46. The van der Waals surface area contributed by atoms with Crippen LogP contribution in [-0.2, 0) is 4.79 Å². The number of nitrogens with one attached hydrogen (secondary N) is 1. The van der Waals surface area contributed by atoms with Crippen LogP contribution in [0.3, 0.4) is 0 Å². The molecule has 1 saturated carbocycles. The SMILES string of the molecule is NC(=O)C1(N2CCNCC2)CCC(C(F)(F)F)CC1. The van der Waals surface area contributed by atoms with Gasteiger partial charge in [-0.3, -0.25) is 9.69 Å². The fourth-order valence-electron chi connectivity index (χ4n) is 3.23. The predicted molar refractivity (Wildman–Crippen MR) is 64.4 cm³/mol. The van der Waals surface area contributed by atoms with Crippen LogP contribution in [0.5, 0.6) is 0 Å². The van der Waals surface area contributed by atoms with E-state index in [0.717, 1.165) is 13.1 Å². The molecule has 1 aliphatic heterocycles. The second-order valence-corrected chi connectivity index (χ2v) is 5.45. The molecule has 0 unspecified atom stereocenters. The Morgan fingerprint density at radius 2 is 1.74 bits per heavy atom. The summed E-state index contributed by atoms with van der Waals surface area (Å²) in [6.45, 7) is 2.83. The average molecular weight is 279 g/mol. The van der Waals surface area contributed by atoms with Gasteiger partial charge in [0.2, 0.25) is 5.91 Å². The molecule has 1 heterocycles. The summed E-state index contributed by atoms with van der Waals surface area (Å²) in [4.78, 5) is 13.8. The first-order chi connectivity index (χ1) is 8.86. The van der Waals surface area contributed by atoms with Crippen molar-refractivity contribution >= 4 is 5.91 Å². The van der Waals surface area contributed by atoms with Crippen molar-refractivity contribution in [1.29, 1.82) is 0 Å². The van der Waals surface area contributed by atoms with Gasteiger partial charge in [0.25, 0.3) is 0 Å². The van der Waals surface area contributed by atoms with E-state index in [-0.39, 0.29) is 25.7 Å². The lowest BCUT2D eigenvalue weighted by atomic mass is 9.74. The molecule has 0 atom stereocenters. The first-order valence-electron chi connectivity index (χ1n) is 6.69. The van der Waals surface area contributed by atoms with Gasteiger partial charge in [0.15, 0.2) is 0 Å². The number of alkyl halides is 3. The Labute approximate surface area is 110 Å². The maximum Gasteiger partial charge on any atom is 0.391 e. The van der Waals surface area contributed by atoms with E-state index in [1.54, 1.807) is 0 Å². The summed E-state index contributed by atoms with van der Waals surface area (Å²) >= 11 is 0. The van der Waals surface area contributed by atoms with Crippen molar-refractivity contribution in [1.82, 2.24) is 10.2 Å². The molecule has 0 spiro atoms. The Morgan fingerprint density at radius 1 is 1.21 bits per heavy atom. The Bertz CT molecular complexity index is 332. The molecule has 4 nitrogen and oxygen atoms in total. The standard InChI is InChI=1S/C12H20F3N3O/c13-12(14,15)9-1-3-11(4-2-9,10(16)19)18-7-5-17-6-8-18/h9,17H,1-8H2,(H2,16,19). The molecule has 1 aliphatic carbocycles. The van der Waals surface area contributed by atoms with Crippen LogP contribution in [-0.4, -0.2) is 48.7 Å². The summed E-state index contributed by atoms with van der Waals surface area (Å²) < 4.78 is 38.1. The number of halogens is 3. The van der Waals surface area contributed by atoms with Gasteiger partial charge < -0.3 is 11.1 Å². The molecule has 7 heteroatoms. The number of nitrogens with two attached hydrogens (primary N) is 1. The molecule has 1 saturated heterocycles. The predicted octanol–water partition coefficient (Wildman–Crippen LogP) is 0.868. The Hall–Kier alpha value is -0.820. The van der Waals surface area contributed by atoms with Gasteiger partial charge in [-0.05, 0) is 25.7 Å². The van der Waals surface area contributed by atoms with Crippen LogP contribution in [0.25, 0.3) is 0 Å². The van der Waals surface area contributed by atoms with E-state index in [1.165, 1.54) is 0 Å². The molecule has 0 aromatic rings. The lowest BCUT2D eigenvalue weighted by molar-refractivity contribution is -0.190. The van der Waals surface area contributed by atoms with Gasteiger partial charge in [-0.1, -0.05) is 0 Å². The maximum absolute atomic E-state index is 12.7. The van der Waals surface area contributed by atoms with Gasteiger partial charge in [-0.25, -0.2) is 0 Å². The quantitative estimate of drug-likeness (QED) is 0.788. The van der Waals surface area contributed by atoms with Crippen molar-refractivity contribution in [2.45, 2.75) is 37.4 Å². The molecule has 0 aromatic carbocycles. The number of piperazine rings is 1. The van der Waals surface area contributed by atoms with Gasteiger partial charge in [0, 0.05) is 26.2 Å². The average Bonchev–Trinajstić information content (AvgIpc) is 2.38. The topological polar surface area (TPSA) is 58.4 Å². The Kier molecular flexibility index (Phi) is 4.06. The van der Waals surface area contributed by atoms with E-state index < -0.39 is 23.5 Å². The minimum absolute atomic E-state index is 0.00360. The fraction of sp³-hybridized carbons (Fsp3) is 0.917. The Balaban J connectivity index is 2.09. The molecule has 2 rings (SSSR count). The van der Waals surface area contributed by atoms with Crippen LogP contribution < -0.4 is 11.1 Å². The van der Waals surface area contributed by atoms with Crippen molar-refractivity contribution in [3.63, 3.8) is 0 Å². The molecule has 2 fully saturated rings. The van der Waals surface area contributed by atoms with E-state index in [9.17, 15) is 18.0 Å². The van der Waals surface area contributed by atoms with Crippen molar-refractivity contribution in [2.75, 3.05) is 26.2 Å². The number of hydrogen-bond donors (Lipinski definition) is 2. The van der Waals surface area contributed by atoms with Gasteiger partial charge >= 0.3 is 6.18 Å². The summed E-state index contributed by atoms with van der Waals surface area (Å²) in [5.74, 6) is -1.77. The van der Waals surface area contributed by atoms with Crippen molar-refractivity contribution in [3.8, 4) is 0 Å². The number of rotatable bonds is 2. The molecule has 1 amide bonds. The highest BCUT2D eigenvalue weighted by Crippen LogP contribution is 2.43. The summed E-state index contributed by atoms with van der Waals surface area (Å²) in [6.07, 6.45) is -3.74. The molecule has 3 N–H and O–H groups in total. The number of nitrogens with zero attached hydrogens (tertiary/aromatic N) is 1. The van der Waals surface area contributed by atoms with Crippen LogP contribution in [0.2, 0.25) is 0 Å². The first-order valence-corrected chi connectivity index (χ1v) is 6.69.